The normalized spacial score (nSPS) is 17.0. The quantitative estimate of drug-likeness (QED) is 0.537. The topological polar surface area (TPSA) is 90.7 Å². The van der Waals surface area contributed by atoms with E-state index in [9.17, 15) is 8.42 Å². The van der Waals surface area contributed by atoms with Crippen LogP contribution >= 0.6 is 11.6 Å². The molecule has 0 amide bonds. The highest BCUT2D eigenvalue weighted by Gasteiger charge is 2.25. The number of fused-ring (bicyclic) bond motifs is 1. The Bertz CT molecular complexity index is 981. The number of aryl methyl sites for hydroxylation is 1. The Kier molecular flexibility index (Phi) is 7.76. The maximum absolute atomic E-state index is 11.6. The third-order valence-electron chi connectivity index (χ3n) is 5.49. The average molecular weight is 453 g/mol. The van der Waals surface area contributed by atoms with Crippen LogP contribution in [0, 0.1) is 0 Å². The molecule has 0 saturated carbocycles. The van der Waals surface area contributed by atoms with Crippen molar-refractivity contribution in [1.29, 1.82) is 0 Å². The zero-order valence-electron chi connectivity index (χ0n) is 17.4. The number of nitrogens with two attached hydrogens (primary N) is 1. The molecular weight excluding hydrogens is 424 g/mol. The number of benzene rings is 2. The average Bonchev–Trinajstić information content (AvgIpc) is 3.09. The molecule has 1 aliphatic rings. The summed E-state index contributed by atoms with van der Waals surface area (Å²) in [6.07, 6.45) is 2.85. The van der Waals surface area contributed by atoms with Crippen LogP contribution in [0.2, 0.25) is 5.02 Å². The lowest BCUT2D eigenvalue weighted by Gasteiger charge is -2.20. The number of rotatable bonds is 10. The summed E-state index contributed by atoms with van der Waals surface area (Å²) >= 11 is 6.17. The van der Waals surface area contributed by atoms with Gasteiger partial charge in [0.2, 0.25) is 10.0 Å². The predicted molar refractivity (Wildman–Crippen MR) is 119 cm³/mol. The highest BCUT2D eigenvalue weighted by Crippen LogP contribution is 2.37. The van der Waals surface area contributed by atoms with Gasteiger partial charge < -0.3 is 14.8 Å². The predicted octanol–water partition coefficient (Wildman–Crippen LogP) is 3.61. The molecular formula is C22H29ClN2O4S. The van der Waals surface area contributed by atoms with Gasteiger partial charge in [0.05, 0.1) is 11.5 Å². The summed E-state index contributed by atoms with van der Waals surface area (Å²) in [4.78, 5) is 0.190. The van der Waals surface area contributed by atoms with E-state index in [1.165, 1.54) is 5.56 Å². The number of halogens is 1. The number of nitrogens with one attached hydrogen (secondary N) is 1. The van der Waals surface area contributed by atoms with Crippen LogP contribution < -0.4 is 15.2 Å². The first-order valence-corrected chi connectivity index (χ1v) is 12.0. The molecule has 2 aromatic carbocycles. The van der Waals surface area contributed by atoms with Crippen LogP contribution in [0.3, 0.4) is 0 Å². The van der Waals surface area contributed by atoms with E-state index in [1.54, 1.807) is 19.2 Å². The molecule has 164 valence electrons. The van der Waals surface area contributed by atoms with Gasteiger partial charge in [-0.25, -0.2) is 13.6 Å². The number of methoxy groups -OCH3 is 1. The second-order valence-electron chi connectivity index (χ2n) is 7.75. The van der Waals surface area contributed by atoms with E-state index in [0.29, 0.717) is 30.7 Å². The van der Waals surface area contributed by atoms with Gasteiger partial charge in [-0.05, 0) is 73.6 Å². The molecule has 30 heavy (non-hydrogen) atoms. The van der Waals surface area contributed by atoms with Crippen LogP contribution in [0.25, 0.3) is 0 Å². The van der Waals surface area contributed by atoms with Crippen molar-refractivity contribution in [2.75, 3.05) is 20.3 Å². The lowest BCUT2D eigenvalue weighted by molar-refractivity contribution is 0.145. The summed E-state index contributed by atoms with van der Waals surface area (Å²) in [6.45, 7) is 3.82. The maximum Gasteiger partial charge on any atom is 0.238 e. The number of ether oxygens (including phenoxy) is 2. The minimum Gasteiger partial charge on any atom is -0.491 e. The van der Waals surface area contributed by atoms with E-state index < -0.39 is 10.0 Å². The van der Waals surface area contributed by atoms with Crippen molar-refractivity contribution in [3.63, 3.8) is 0 Å². The second kappa shape index (κ2) is 10.1. The summed E-state index contributed by atoms with van der Waals surface area (Å²) in [5.41, 5.74) is 3.32. The van der Waals surface area contributed by atoms with E-state index in [-0.39, 0.29) is 10.9 Å². The van der Waals surface area contributed by atoms with Crippen LogP contribution in [0.1, 0.15) is 42.4 Å². The molecule has 0 saturated heterocycles. The molecule has 0 aromatic heterocycles. The molecule has 1 aliphatic carbocycles. The number of hydrogen-bond donors (Lipinski definition) is 2. The van der Waals surface area contributed by atoms with Gasteiger partial charge in [0, 0.05) is 30.3 Å². The Balaban J connectivity index is 1.60. The SMILES string of the molecule is COCCOc1ccc(Cl)cc1CNC(C)CC1CCc2cc(S(N)(=O)=O)ccc21. The molecule has 2 unspecified atom stereocenters. The Hall–Kier alpha value is -1.64. The van der Waals surface area contributed by atoms with Crippen molar-refractivity contribution in [3.05, 3.63) is 58.1 Å². The van der Waals surface area contributed by atoms with E-state index in [0.717, 1.165) is 36.1 Å². The van der Waals surface area contributed by atoms with Gasteiger partial charge in [0.25, 0.3) is 0 Å². The van der Waals surface area contributed by atoms with Crippen molar-refractivity contribution in [2.45, 2.75) is 49.6 Å². The fourth-order valence-corrected chi connectivity index (χ4v) is 4.72. The first kappa shape index (κ1) is 23.0. The van der Waals surface area contributed by atoms with Gasteiger partial charge in [-0.2, -0.15) is 0 Å². The fraction of sp³-hybridized carbons (Fsp3) is 0.455. The van der Waals surface area contributed by atoms with E-state index in [1.807, 2.05) is 24.3 Å². The fourth-order valence-electron chi connectivity index (χ4n) is 3.96. The highest BCUT2D eigenvalue weighted by molar-refractivity contribution is 7.89. The van der Waals surface area contributed by atoms with Gasteiger partial charge >= 0.3 is 0 Å². The van der Waals surface area contributed by atoms with Crippen LogP contribution in [-0.4, -0.2) is 34.8 Å². The molecule has 0 bridgehead atoms. The van der Waals surface area contributed by atoms with Crippen molar-refractivity contribution in [2.24, 2.45) is 5.14 Å². The van der Waals surface area contributed by atoms with Crippen LogP contribution in [0.15, 0.2) is 41.3 Å². The minimum absolute atomic E-state index is 0.190. The molecule has 2 atom stereocenters. The smallest absolute Gasteiger partial charge is 0.238 e. The lowest BCUT2D eigenvalue weighted by Crippen LogP contribution is -2.27. The lowest BCUT2D eigenvalue weighted by atomic mass is 9.94. The Morgan fingerprint density at radius 1 is 1.23 bits per heavy atom. The van der Waals surface area contributed by atoms with Crippen molar-refractivity contribution in [1.82, 2.24) is 5.32 Å². The van der Waals surface area contributed by atoms with Crippen LogP contribution in [0.4, 0.5) is 0 Å². The third-order valence-corrected chi connectivity index (χ3v) is 6.64. The summed E-state index contributed by atoms with van der Waals surface area (Å²) in [7, 11) is -2.02. The maximum atomic E-state index is 11.6. The summed E-state index contributed by atoms with van der Waals surface area (Å²) in [5.74, 6) is 1.20. The van der Waals surface area contributed by atoms with Gasteiger partial charge in [0.1, 0.15) is 12.4 Å². The zero-order chi connectivity index (χ0) is 21.7. The molecule has 3 N–H and O–H groups in total. The molecule has 0 radical (unpaired) electrons. The largest absolute Gasteiger partial charge is 0.491 e. The molecule has 0 aliphatic heterocycles. The second-order valence-corrected chi connectivity index (χ2v) is 9.75. The first-order valence-electron chi connectivity index (χ1n) is 10.1. The first-order chi connectivity index (χ1) is 14.3. The molecule has 0 fully saturated rings. The van der Waals surface area contributed by atoms with Crippen molar-refractivity contribution in [3.8, 4) is 5.75 Å². The summed E-state index contributed by atoms with van der Waals surface area (Å²) < 4.78 is 34.0. The molecule has 8 heteroatoms. The van der Waals surface area contributed by atoms with Crippen molar-refractivity contribution < 1.29 is 17.9 Å². The van der Waals surface area contributed by atoms with Crippen molar-refractivity contribution >= 4 is 21.6 Å². The van der Waals surface area contributed by atoms with Crippen LogP contribution in [0.5, 0.6) is 5.75 Å². The monoisotopic (exact) mass is 452 g/mol. The number of primary sulfonamides is 1. The van der Waals surface area contributed by atoms with Gasteiger partial charge in [0.15, 0.2) is 0 Å². The zero-order valence-corrected chi connectivity index (χ0v) is 18.9. The molecule has 3 rings (SSSR count). The third kappa shape index (κ3) is 5.95. The summed E-state index contributed by atoms with van der Waals surface area (Å²) in [5, 5.41) is 9.50. The van der Waals surface area contributed by atoms with Gasteiger partial charge in [-0.1, -0.05) is 17.7 Å². The Labute approximate surface area is 183 Å². The molecule has 0 spiro atoms. The number of sulfonamides is 1. The molecule has 2 aromatic rings. The Morgan fingerprint density at radius 2 is 2.03 bits per heavy atom. The van der Waals surface area contributed by atoms with E-state index >= 15 is 0 Å². The number of hydrogen-bond acceptors (Lipinski definition) is 5. The van der Waals surface area contributed by atoms with Gasteiger partial charge in [-0.15, -0.1) is 0 Å². The van der Waals surface area contributed by atoms with Crippen LogP contribution in [-0.2, 0) is 27.7 Å². The molecule has 0 heterocycles. The summed E-state index contributed by atoms with van der Waals surface area (Å²) in [6, 6.07) is 11.1. The molecule has 6 nitrogen and oxygen atoms in total. The van der Waals surface area contributed by atoms with E-state index in [4.69, 9.17) is 26.2 Å². The standard InChI is InChI=1S/C22H29ClN2O4S/c1-15(25-14-18-12-19(23)5-8-22(18)29-10-9-28-2)11-16-3-4-17-13-20(30(24,26)27)6-7-21(16)17/h5-8,12-13,15-16,25H,3-4,9-11,14H2,1-2H3,(H2,24,26,27). The minimum atomic E-state index is -3.66. The van der Waals surface area contributed by atoms with E-state index in [2.05, 4.69) is 12.2 Å². The van der Waals surface area contributed by atoms with Gasteiger partial charge in [-0.3, -0.25) is 0 Å². The highest BCUT2D eigenvalue weighted by atomic mass is 35.5. The Morgan fingerprint density at radius 3 is 2.77 bits per heavy atom.